The van der Waals surface area contributed by atoms with Crippen LogP contribution >= 0.6 is 11.3 Å². The summed E-state index contributed by atoms with van der Waals surface area (Å²) in [6.07, 6.45) is 8.75. The summed E-state index contributed by atoms with van der Waals surface area (Å²) in [5, 5.41) is 10.4. The van der Waals surface area contributed by atoms with Gasteiger partial charge in [0.15, 0.2) is 0 Å². The molecule has 1 saturated carbocycles. The average Bonchev–Trinajstić information content (AvgIpc) is 3.63. The Bertz CT molecular complexity index is 2170. The Morgan fingerprint density at radius 2 is 1.37 bits per heavy atom. The lowest BCUT2D eigenvalue weighted by Crippen LogP contribution is -2.35. The molecule has 294 valence electrons. The van der Waals surface area contributed by atoms with Gasteiger partial charge in [0, 0.05) is 28.7 Å². The molecule has 0 unspecified atom stereocenters. The third-order valence-corrected chi connectivity index (χ3v) is 12.2. The second-order valence-corrected chi connectivity index (χ2v) is 16.0. The number of benzene rings is 4. The van der Waals surface area contributed by atoms with Crippen LogP contribution in [0.4, 0.5) is 10.7 Å². The number of thiophene rings is 1. The first-order valence-corrected chi connectivity index (χ1v) is 20.7. The first-order valence-electron chi connectivity index (χ1n) is 19.9. The van der Waals surface area contributed by atoms with E-state index in [4.69, 9.17) is 9.47 Å². The number of hydrogen-bond donors (Lipinski definition) is 3. The van der Waals surface area contributed by atoms with Crippen LogP contribution < -0.4 is 16.0 Å². The SMILES string of the molecule is COC(=O)c1ccc(CCc2ccc(NC(=O)c3c(NC(=O)c4cccc(CNC5CCC(C(=O)OCc6ccccc6)CC5)c4)sc4c3CCCC4)cc2)cc1. The minimum absolute atomic E-state index is 0.0723. The van der Waals surface area contributed by atoms with Crippen LogP contribution in [0.3, 0.4) is 0 Å². The molecule has 0 saturated heterocycles. The highest BCUT2D eigenvalue weighted by Crippen LogP contribution is 2.39. The number of rotatable bonds is 14. The Labute approximate surface area is 338 Å². The minimum atomic E-state index is -0.349. The Morgan fingerprint density at radius 3 is 2.09 bits per heavy atom. The highest BCUT2D eigenvalue weighted by Gasteiger charge is 2.28. The van der Waals surface area contributed by atoms with Crippen LogP contribution in [0.2, 0.25) is 0 Å². The van der Waals surface area contributed by atoms with E-state index >= 15 is 0 Å². The molecule has 1 fully saturated rings. The van der Waals surface area contributed by atoms with Gasteiger partial charge < -0.3 is 25.4 Å². The lowest BCUT2D eigenvalue weighted by atomic mass is 9.86. The van der Waals surface area contributed by atoms with Crippen LogP contribution in [0, 0.1) is 5.92 Å². The van der Waals surface area contributed by atoms with Crippen molar-refractivity contribution in [1.29, 1.82) is 0 Å². The molecule has 0 aliphatic heterocycles. The first-order chi connectivity index (χ1) is 27.8. The Hall–Kier alpha value is -5.58. The van der Waals surface area contributed by atoms with Gasteiger partial charge >= 0.3 is 11.9 Å². The van der Waals surface area contributed by atoms with Crippen molar-refractivity contribution in [3.8, 4) is 0 Å². The Morgan fingerprint density at radius 1 is 0.684 bits per heavy atom. The summed E-state index contributed by atoms with van der Waals surface area (Å²) < 4.78 is 10.4. The lowest BCUT2D eigenvalue weighted by molar-refractivity contribution is -0.151. The molecule has 5 aromatic rings. The zero-order valence-corrected chi connectivity index (χ0v) is 33.1. The maximum Gasteiger partial charge on any atom is 0.337 e. The van der Waals surface area contributed by atoms with Crippen molar-refractivity contribution in [1.82, 2.24) is 5.32 Å². The van der Waals surface area contributed by atoms with Gasteiger partial charge in [-0.15, -0.1) is 11.3 Å². The first kappa shape index (κ1) is 39.6. The van der Waals surface area contributed by atoms with Gasteiger partial charge in [-0.1, -0.05) is 66.7 Å². The molecule has 0 bridgehead atoms. The number of amides is 2. The maximum absolute atomic E-state index is 13.9. The van der Waals surface area contributed by atoms with Gasteiger partial charge in [-0.2, -0.15) is 0 Å². The number of anilines is 2. The molecule has 0 atom stereocenters. The molecule has 9 nitrogen and oxygen atoms in total. The molecule has 1 aromatic heterocycles. The van der Waals surface area contributed by atoms with Crippen LogP contribution in [0.5, 0.6) is 0 Å². The van der Waals surface area contributed by atoms with Gasteiger partial charge in [-0.3, -0.25) is 14.4 Å². The van der Waals surface area contributed by atoms with Crippen molar-refractivity contribution in [3.63, 3.8) is 0 Å². The van der Waals surface area contributed by atoms with Crippen molar-refractivity contribution in [2.24, 2.45) is 5.92 Å². The smallest absolute Gasteiger partial charge is 0.337 e. The molecule has 10 heteroatoms. The molecule has 2 aliphatic rings. The quantitative estimate of drug-likeness (QED) is 0.0961. The lowest BCUT2D eigenvalue weighted by Gasteiger charge is -2.28. The highest BCUT2D eigenvalue weighted by atomic mass is 32.1. The molecular weight excluding hydrogens is 735 g/mol. The number of carbonyl (C=O) groups is 4. The topological polar surface area (TPSA) is 123 Å². The number of aryl methyl sites for hydroxylation is 3. The third kappa shape index (κ3) is 10.4. The van der Waals surface area contributed by atoms with Gasteiger partial charge in [-0.05, 0) is 128 Å². The van der Waals surface area contributed by atoms with E-state index in [0.717, 1.165) is 96.9 Å². The fourth-order valence-electron chi connectivity index (χ4n) is 7.70. The van der Waals surface area contributed by atoms with Gasteiger partial charge in [0.05, 0.1) is 24.2 Å². The van der Waals surface area contributed by atoms with Crippen molar-refractivity contribution in [2.75, 3.05) is 17.7 Å². The normalized spacial score (nSPS) is 16.2. The molecule has 2 amide bonds. The second-order valence-electron chi connectivity index (χ2n) is 14.9. The number of fused-ring (bicyclic) bond motifs is 1. The summed E-state index contributed by atoms with van der Waals surface area (Å²) in [5.74, 6) is -1.01. The van der Waals surface area contributed by atoms with Crippen molar-refractivity contribution < 1.29 is 28.7 Å². The predicted octanol–water partition coefficient (Wildman–Crippen LogP) is 9.10. The van der Waals surface area contributed by atoms with Crippen molar-refractivity contribution in [2.45, 2.75) is 83.4 Å². The number of ether oxygens (including phenoxy) is 2. The van der Waals surface area contributed by atoms with Gasteiger partial charge in [0.1, 0.15) is 11.6 Å². The van der Waals surface area contributed by atoms with Crippen LogP contribution in [0.15, 0.2) is 103 Å². The van der Waals surface area contributed by atoms with Crippen LogP contribution in [-0.4, -0.2) is 36.9 Å². The fraction of sp³-hybridized carbons (Fsp3) is 0.319. The number of carbonyl (C=O) groups excluding carboxylic acids is 4. The molecular formula is C47H49N3O6S. The van der Waals surface area contributed by atoms with E-state index in [1.807, 2.05) is 84.9 Å². The van der Waals surface area contributed by atoms with Crippen LogP contribution in [-0.2, 0) is 53.1 Å². The zero-order chi connectivity index (χ0) is 39.6. The molecule has 57 heavy (non-hydrogen) atoms. The summed E-state index contributed by atoms with van der Waals surface area (Å²) in [4.78, 5) is 53.2. The van der Waals surface area contributed by atoms with E-state index in [1.54, 1.807) is 18.2 Å². The summed E-state index contributed by atoms with van der Waals surface area (Å²) in [6.45, 7) is 0.916. The van der Waals surface area contributed by atoms with Gasteiger partial charge in [0.25, 0.3) is 11.8 Å². The summed E-state index contributed by atoms with van der Waals surface area (Å²) in [6, 6.07) is 32.9. The standard InChI is InChI=1S/C47H49N3O6S/c1-55-46(53)35-20-16-31(17-21-35)14-15-32-18-24-39(25-19-32)49-44(52)42-40-12-5-6-13-41(40)57-45(42)50-43(51)37-11-7-10-34(28-37)29-48-38-26-22-36(23-27-38)47(54)56-30-33-8-3-2-4-9-33/h2-4,7-11,16-21,24-25,28,36,38,48H,5-6,12-15,22-23,26-27,29-30H2,1H3,(H,49,52)(H,50,51). The molecule has 0 radical (unpaired) electrons. The Kier molecular flexibility index (Phi) is 13.2. The molecule has 3 N–H and O–H groups in total. The average molecular weight is 784 g/mol. The summed E-state index contributed by atoms with van der Waals surface area (Å²) >= 11 is 1.51. The van der Waals surface area contributed by atoms with E-state index in [9.17, 15) is 19.2 Å². The molecule has 0 spiro atoms. The second kappa shape index (κ2) is 19.0. The molecule has 2 aliphatic carbocycles. The summed E-state index contributed by atoms with van der Waals surface area (Å²) in [7, 11) is 1.37. The Balaban J connectivity index is 0.921. The number of methoxy groups -OCH3 is 1. The van der Waals surface area contributed by atoms with Crippen molar-refractivity contribution >= 4 is 45.8 Å². The fourth-order valence-corrected chi connectivity index (χ4v) is 8.98. The minimum Gasteiger partial charge on any atom is -0.465 e. The molecule has 4 aromatic carbocycles. The largest absolute Gasteiger partial charge is 0.465 e. The van der Waals surface area contributed by atoms with E-state index in [2.05, 4.69) is 16.0 Å². The predicted molar refractivity (Wildman–Crippen MR) is 224 cm³/mol. The summed E-state index contributed by atoms with van der Waals surface area (Å²) in [5.41, 5.74) is 7.58. The van der Waals surface area contributed by atoms with E-state index in [-0.39, 0.29) is 35.7 Å². The molecule has 7 rings (SSSR count). The van der Waals surface area contributed by atoms with Gasteiger partial charge in [0.2, 0.25) is 0 Å². The van der Waals surface area contributed by atoms with E-state index < -0.39 is 0 Å². The third-order valence-electron chi connectivity index (χ3n) is 11.0. The van der Waals surface area contributed by atoms with E-state index in [1.165, 1.54) is 18.4 Å². The maximum atomic E-state index is 13.9. The number of esters is 2. The molecule has 1 heterocycles. The highest BCUT2D eigenvalue weighted by molar-refractivity contribution is 7.17. The number of hydrogen-bond acceptors (Lipinski definition) is 8. The monoisotopic (exact) mass is 783 g/mol. The number of nitrogens with one attached hydrogen (secondary N) is 3. The van der Waals surface area contributed by atoms with Crippen molar-refractivity contribution in [3.05, 3.63) is 153 Å². The van der Waals surface area contributed by atoms with Crippen LogP contribution in [0.25, 0.3) is 0 Å². The van der Waals surface area contributed by atoms with Gasteiger partial charge in [-0.25, -0.2) is 4.79 Å². The zero-order valence-electron chi connectivity index (χ0n) is 32.3. The van der Waals surface area contributed by atoms with Crippen LogP contribution in [0.1, 0.15) is 102 Å². The van der Waals surface area contributed by atoms with E-state index in [0.29, 0.717) is 40.5 Å².